The van der Waals surface area contributed by atoms with Crippen LogP contribution in [0.15, 0.2) is 53.9 Å². The molecule has 1 atom stereocenters. The van der Waals surface area contributed by atoms with E-state index in [9.17, 15) is 0 Å². The van der Waals surface area contributed by atoms with Gasteiger partial charge in [-0.05, 0) is 40.4 Å². The zero-order valence-corrected chi connectivity index (χ0v) is 10.7. The van der Waals surface area contributed by atoms with Crippen LogP contribution in [0.4, 0.5) is 5.69 Å². The molecule has 4 rings (SSSR count). The smallest absolute Gasteiger partial charge is 0.0569 e. The van der Waals surface area contributed by atoms with Crippen LogP contribution < -0.4 is 5.32 Å². The van der Waals surface area contributed by atoms with Crippen LogP contribution in [-0.2, 0) is 6.42 Å². The number of hydrogen-bond donors (Lipinski definition) is 1. The summed E-state index contributed by atoms with van der Waals surface area (Å²) in [5.41, 5.74) is 4.14. The normalized spacial score (nSPS) is 17.7. The zero-order valence-electron chi connectivity index (χ0n) is 9.89. The summed E-state index contributed by atoms with van der Waals surface area (Å²) in [7, 11) is 0. The summed E-state index contributed by atoms with van der Waals surface area (Å²) in [5, 5.41) is 7.17. The lowest BCUT2D eigenvalue weighted by atomic mass is 10.0. The van der Waals surface area contributed by atoms with Crippen LogP contribution in [0.1, 0.15) is 17.2 Å². The second-order valence-corrected chi connectivity index (χ2v) is 5.66. The van der Waals surface area contributed by atoms with Gasteiger partial charge in [0.25, 0.3) is 0 Å². The van der Waals surface area contributed by atoms with Gasteiger partial charge in [-0.25, -0.2) is 0 Å². The van der Waals surface area contributed by atoms with Gasteiger partial charge >= 0.3 is 0 Å². The molecule has 0 spiro atoms. The number of anilines is 1. The fraction of sp³-hybridized carbons (Fsp3) is 0.125. The van der Waals surface area contributed by atoms with Gasteiger partial charge in [0.1, 0.15) is 0 Å². The predicted molar refractivity (Wildman–Crippen MR) is 78.3 cm³/mol. The van der Waals surface area contributed by atoms with Crippen molar-refractivity contribution in [3.05, 3.63) is 65.0 Å². The van der Waals surface area contributed by atoms with E-state index in [0.29, 0.717) is 6.04 Å². The third kappa shape index (κ3) is 1.46. The first kappa shape index (κ1) is 10.2. The summed E-state index contributed by atoms with van der Waals surface area (Å²) in [4.78, 5) is 0. The van der Waals surface area contributed by atoms with Crippen LogP contribution in [0.5, 0.6) is 0 Å². The van der Waals surface area contributed by atoms with Crippen molar-refractivity contribution in [3.8, 4) is 0 Å². The van der Waals surface area contributed by atoms with E-state index in [0.717, 1.165) is 6.42 Å². The summed E-state index contributed by atoms with van der Waals surface area (Å²) >= 11 is 1.84. The van der Waals surface area contributed by atoms with E-state index >= 15 is 0 Å². The Hall–Kier alpha value is -1.80. The van der Waals surface area contributed by atoms with Gasteiger partial charge in [-0.1, -0.05) is 36.4 Å². The molecule has 3 aromatic rings. The molecule has 2 aromatic carbocycles. The first-order valence-electron chi connectivity index (χ1n) is 6.22. The lowest BCUT2D eigenvalue weighted by molar-refractivity contribution is 0.834. The number of hydrogen-bond acceptors (Lipinski definition) is 2. The van der Waals surface area contributed by atoms with Gasteiger partial charge < -0.3 is 5.32 Å². The number of thiophene rings is 1. The van der Waals surface area contributed by atoms with Crippen molar-refractivity contribution in [3.63, 3.8) is 0 Å². The van der Waals surface area contributed by atoms with Crippen molar-refractivity contribution < 1.29 is 0 Å². The molecule has 0 amide bonds. The van der Waals surface area contributed by atoms with Crippen molar-refractivity contribution >= 4 is 27.1 Å². The summed E-state index contributed by atoms with van der Waals surface area (Å²) in [6.07, 6.45) is 1.09. The molecule has 2 heterocycles. The van der Waals surface area contributed by atoms with E-state index in [-0.39, 0.29) is 0 Å². The van der Waals surface area contributed by atoms with Crippen LogP contribution in [-0.4, -0.2) is 0 Å². The molecule has 1 unspecified atom stereocenters. The third-order valence-electron chi connectivity index (χ3n) is 3.66. The van der Waals surface area contributed by atoms with E-state index in [4.69, 9.17) is 0 Å². The number of nitrogens with one attached hydrogen (secondary N) is 1. The van der Waals surface area contributed by atoms with E-state index < -0.39 is 0 Å². The highest BCUT2D eigenvalue weighted by atomic mass is 32.1. The van der Waals surface area contributed by atoms with Crippen LogP contribution >= 0.6 is 11.3 Å². The fourth-order valence-electron chi connectivity index (χ4n) is 2.78. The Morgan fingerprint density at radius 1 is 1.00 bits per heavy atom. The van der Waals surface area contributed by atoms with Gasteiger partial charge in [-0.2, -0.15) is 0 Å². The minimum atomic E-state index is 0.421. The molecule has 1 nitrogen and oxygen atoms in total. The molecule has 1 aliphatic rings. The summed E-state index contributed by atoms with van der Waals surface area (Å²) in [5.74, 6) is 0. The molecule has 0 saturated heterocycles. The molecule has 0 aliphatic carbocycles. The number of benzene rings is 2. The summed E-state index contributed by atoms with van der Waals surface area (Å²) in [6, 6.07) is 17.8. The zero-order chi connectivity index (χ0) is 11.9. The van der Waals surface area contributed by atoms with E-state index in [1.165, 1.54) is 26.9 Å². The topological polar surface area (TPSA) is 12.0 Å². The standard InChI is InChI=1S/C16H13NS/c1-2-7-14-12(4-1)10-15(17-14)13-6-3-5-11-8-9-18-16(11)13/h1-9,15,17H,10H2. The molecule has 1 N–H and O–H groups in total. The molecular formula is C16H13NS. The van der Waals surface area contributed by atoms with Gasteiger partial charge in [0.15, 0.2) is 0 Å². The van der Waals surface area contributed by atoms with Gasteiger partial charge in [0.05, 0.1) is 6.04 Å². The Morgan fingerprint density at radius 2 is 1.94 bits per heavy atom. The second-order valence-electron chi connectivity index (χ2n) is 4.74. The van der Waals surface area contributed by atoms with Gasteiger partial charge in [0, 0.05) is 10.4 Å². The minimum absolute atomic E-state index is 0.421. The molecule has 0 radical (unpaired) electrons. The number of para-hydroxylation sites is 1. The average Bonchev–Trinajstić information content (AvgIpc) is 3.04. The lowest BCUT2D eigenvalue weighted by Crippen LogP contribution is -2.05. The van der Waals surface area contributed by atoms with Gasteiger partial charge in [0.2, 0.25) is 0 Å². The van der Waals surface area contributed by atoms with Gasteiger partial charge in [-0.15, -0.1) is 11.3 Å². The van der Waals surface area contributed by atoms with Crippen molar-refractivity contribution in [2.75, 3.05) is 5.32 Å². The molecular weight excluding hydrogens is 238 g/mol. The first-order valence-corrected chi connectivity index (χ1v) is 7.10. The lowest BCUT2D eigenvalue weighted by Gasteiger charge is -2.12. The van der Waals surface area contributed by atoms with Crippen LogP contribution in [0, 0.1) is 0 Å². The van der Waals surface area contributed by atoms with Crippen molar-refractivity contribution in [2.24, 2.45) is 0 Å². The Bertz CT molecular complexity index is 689. The highest BCUT2D eigenvalue weighted by Crippen LogP contribution is 2.38. The van der Waals surface area contributed by atoms with Crippen molar-refractivity contribution in [2.45, 2.75) is 12.5 Å². The Kier molecular flexibility index (Phi) is 2.17. The molecule has 1 aromatic heterocycles. The summed E-state index contributed by atoms with van der Waals surface area (Å²) < 4.78 is 1.42. The average molecular weight is 251 g/mol. The first-order chi connectivity index (χ1) is 8.92. The van der Waals surface area contributed by atoms with E-state index in [2.05, 4.69) is 59.2 Å². The fourth-order valence-corrected chi connectivity index (χ4v) is 3.75. The van der Waals surface area contributed by atoms with Crippen LogP contribution in [0.2, 0.25) is 0 Å². The Morgan fingerprint density at radius 3 is 2.89 bits per heavy atom. The molecule has 1 aliphatic heterocycles. The molecule has 0 bridgehead atoms. The van der Waals surface area contributed by atoms with Crippen molar-refractivity contribution in [1.29, 1.82) is 0 Å². The predicted octanol–water partition coefficient (Wildman–Crippen LogP) is 4.61. The maximum Gasteiger partial charge on any atom is 0.0569 e. The van der Waals surface area contributed by atoms with Gasteiger partial charge in [-0.3, -0.25) is 0 Å². The molecule has 0 fully saturated rings. The van der Waals surface area contributed by atoms with Crippen molar-refractivity contribution in [1.82, 2.24) is 0 Å². The molecule has 18 heavy (non-hydrogen) atoms. The minimum Gasteiger partial charge on any atom is -0.378 e. The quantitative estimate of drug-likeness (QED) is 0.666. The maximum atomic E-state index is 3.64. The molecule has 2 heteroatoms. The summed E-state index contributed by atoms with van der Waals surface area (Å²) in [6.45, 7) is 0. The highest BCUT2D eigenvalue weighted by Gasteiger charge is 2.23. The van der Waals surface area contributed by atoms with E-state index in [1.54, 1.807) is 0 Å². The van der Waals surface area contributed by atoms with E-state index in [1.807, 2.05) is 11.3 Å². The largest absolute Gasteiger partial charge is 0.378 e. The number of rotatable bonds is 1. The van der Waals surface area contributed by atoms with Crippen LogP contribution in [0.25, 0.3) is 10.1 Å². The Balaban J connectivity index is 1.80. The Labute approximate surface area is 110 Å². The maximum absolute atomic E-state index is 3.64. The SMILES string of the molecule is c1ccc2c(c1)CC(c1cccc3ccsc13)N2. The second kappa shape index (κ2) is 3.85. The molecule has 88 valence electrons. The monoisotopic (exact) mass is 251 g/mol. The van der Waals surface area contributed by atoms with Crippen LogP contribution in [0.3, 0.4) is 0 Å². The highest BCUT2D eigenvalue weighted by molar-refractivity contribution is 7.17. The third-order valence-corrected chi connectivity index (χ3v) is 4.64. The number of fused-ring (bicyclic) bond motifs is 2. The molecule has 0 saturated carbocycles.